The summed E-state index contributed by atoms with van der Waals surface area (Å²) in [4.78, 5) is 24.7. The van der Waals surface area contributed by atoms with Crippen molar-refractivity contribution < 1.29 is 9.59 Å². The van der Waals surface area contributed by atoms with Crippen LogP contribution >= 0.6 is 0 Å². The fraction of sp³-hybridized carbons (Fsp3) is 0.909. The molecule has 0 bridgehead atoms. The number of Topliss-reactive ketones (excluding diaryl/α,β-unsaturated/α-hetero) is 2. The fourth-order valence-corrected chi connectivity index (χ4v) is 5.99. The van der Waals surface area contributed by atoms with Crippen LogP contribution in [0.1, 0.15) is 99.8 Å². The van der Waals surface area contributed by atoms with Crippen LogP contribution in [0, 0.1) is 27.6 Å². The molecule has 0 aromatic rings. The average Bonchev–Trinajstić information content (AvgIpc) is 2.33. The zero-order valence-electron chi connectivity index (χ0n) is 17.1. The van der Waals surface area contributed by atoms with Gasteiger partial charge in [0.1, 0.15) is 11.6 Å². The number of rotatable bonds is 3. The fourth-order valence-electron chi connectivity index (χ4n) is 5.99. The molecule has 0 radical (unpaired) electrons. The normalized spacial score (nSPS) is 26.3. The molecular weight excluding hydrogens is 296 g/mol. The van der Waals surface area contributed by atoms with Crippen LogP contribution in [0.25, 0.3) is 0 Å². The van der Waals surface area contributed by atoms with Gasteiger partial charge in [-0.25, -0.2) is 0 Å². The zero-order chi connectivity index (χ0) is 18.4. The topological polar surface area (TPSA) is 34.1 Å². The summed E-state index contributed by atoms with van der Waals surface area (Å²) in [5, 5.41) is 0. The molecule has 138 valence electrons. The Hall–Kier alpha value is -0.660. The molecule has 2 aliphatic carbocycles. The Morgan fingerprint density at radius 3 is 1.75 bits per heavy atom. The van der Waals surface area contributed by atoms with E-state index in [0.717, 1.165) is 12.8 Å². The van der Waals surface area contributed by atoms with E-state index in [1.807, 2.05) is 20.8 Å². The minimum Gasteiger partial charge on any atom is -0.299 e. The van der Waals surface area contributed by atoms with E-state index in [0.29, 0.717) is 16.2 Å². The largest absolute Gasteiger partial charge is 0.299 e. The maximum Gasteiger partial charge on any atom is 0.145 e. The molecule has 2 saturated carbocycles. The Morgan fingerprint density at radius 1 is 0.875 bits per heavy atom. The Balaban J connectivity index is 1.98. The molecule has 0 unspecified atom stereocenters. The van der Waals surface area contributed by atoms with Gasteiger partial charge < -0.3 is 0 Å². The Labute approximate surface area is 149 Å². The lowest BCUT2D eigenvalue weighted by atomic mass is 9.51. The van der Waals surface area contributed by atoms with Crippen molar-refractivity contribution in [3.8, 4) is 0 Å². The van der Waals surface area contributed by atoms with Crippen molar-refractivity contribution in [1.82, 2.24) is 0 Å². The van der Waals surface area contributed by atoms with E-state index in [1.54, 1.807) is 0 Å². The molecule has 0 N–H and O–H groups in total. The van der Waals surface area contributed by atoms with Crippen LogP contribution in [0.4, 0.5) is 0 Å². The summed E-state index contributed by atoms with van der Waals surface area (Å²) in [6.45, 7) is 15.4. The maximum absolute atomic E-state index is 12.6. The summed E-state index contributed by atoms with van der Waals surface area (Å²) >= 11 is 0. The third kappa shape index (κ3) is 4.70. The number of ketones is 2. The third-order valence-corrected chi connectivity index (χ3v) is 6.34. The second kappa shape index (κ2) is 6.25. The second-order valence-corrected chi connectivity index (χ2v) is 11.4. The van der Waals surface area contributed by atoms with Crippen molar-refractivity contribution in [2.24, 2.45) is 27.6 Å². The molecule has 0 saturated heterocycles. The van der Waals surface area contributed by atoms with Crippen molar-refractivity contribution in [3.63, 3.8) is 0 Å². The van der Waals surface area contributed by atoms with E-state index in [2.05, 4.69) is 27.7 Å². The van der Waals surface area contributed by atoms with Gasteiger partial charge >= 0.3 is 0 Å². The first-order valence-corrected chi connectivity index (χ1v) is 9.80. The lowest BCUT2D eigenvalue weighted by Crippen LogP contribution is -2.44. The molecule has 2 rings (SSSR count). The minimum absolute atomic E-state index is 0.0905. The highest BCUT2D eigenvalue weighted by molar-refractivity contribution is 6.02. The van der Waals surface area contributed by atoms with E-state index in [9.17, 15) is 9.59 Å². The number of hydrogen-bond donors (Lipinski definition) is 0. The Kier molecular flexibility index (Phi) is 5.12. The molecule has 2 fully saturated rings. The molecule has 0 aromatic heterocycles. The van der Waals surface area contributed by atoms with Gasteiger partial charge in [0.05, 0.1) is 6.42 Å². The zero-order valence-corrected chi connectivity index (χ0v) is 17.1. The van der Waals surface area contributed by atoms with Crippen molar-refractivity contribution in [1.29, 1.82) is 0 Å². The second-order valence-electron chi connectivity index (χ2n) is 11.4. The molecule has 2 heteroatoms. The van der Waals surface area contributed by atoms with Crippen LogP contribution in [0.3, 0.4) is 0 Å². The highest BCUT2D eigenvalue weighted by atomic mass is 16.1. The number of carbonyl (C=O) groups excluding carboxylic acids is 2. The maximum atomic E-state index is 12.6. The summed E-state index contributed by atoms with van der Waals surface area (Å²) in [6.07, 6.45) is 8.34. The first kappa shape index (κ1) is 19.7. The van der Waals surface area contributed by atoms with E-state index >= 15 is 0 Å². The van der Waals surface area contributed by atoms with Gasteiger partial charge in [-0.3, -0.25) is 9.59 Å². The van der Waals surface area contributed by atoms with E-state index in [-0.39, 0.29) is 23.9 Å². The van der Waals surface area contributed by atoms with Gasteiger partial charge in [0.2, 0.25) is 0 Å². The van der Waals surface area contributed by atoms with E-state index in [4.69, 9.17) is 0 Å². The van der Waals surface area contributed by atoms with E-state index in [1.165, 1.54) is 32.1 Å². The Morgan fingerprint density at radius 2 is 1.33 bits per heavy atom. The molecular formula is C22H38O2. The van der Waals surface area contributed by atoms with Gasteiger partial charge in [-0.05, 0) is 61.2 Å². The van der Waals surface area contributed by atoms with E-state index < -0.39 is 5.41 Å². The standard InChI is InChI=1S/C22H38O2/c1-19(2,3)18(24)12-17(23)16-8-10-22(11-9-16)14-20(4,5)13-21(6,7)15-22/h16H,8-15H2,1-7H3. The summed E-state index contributed by atoms with van der Waals surface area (Å²) in [7, 11) is 0. The molecule has 0 amide bonds. The van der Waals surface area contributed by atoms with Crippen LogP contribution < -0.4 is 0 Å². The molecule has 24 heavy (non-hydrogen) atoms. The molecule has 1 spiro atoms. The Bertz CT molecular complexity index is 479. The van der Waals surface area contributed by atoms with Crippen LogP contribution in [0.15, 0.2) is 0 Å². The van der Waals surface area contributed by atoms with Crippen molar-refractivity contribution in [2.75, 3.05) is 0 Å². The lowest BCUT2D eigenvalue weighted by molar-refractivity contribution is -0.134. The van der Waals surface area contributed by atoms with Gasteiger partial charge in [-0.1, -0.05) is 48.5 Å². The van der Waals surface area contributed by atoms with Crippen LogP contribution in [-0.2, 0) is 9.59 Å². The smallest absolute Gasteiger partial charge is 0.145 e. The van der Waals surface area contributed by atoms with Crippen molar-refractivity contribution >= 4 is 11.6 Å². The highest BCUT2D eigenvalue weighted by Gasteiger charge is 2.49. The summed E-state index contributed by atoms with van der Waals surface area (Å²) in [6, 6.07) is 0. The van der Waals surface area contributed by atoms with Crippen LogP contribution in [0.2, 0.25) is 0 Å². The SMILES string of the molecule is CC1(C)CC(C)(C)CC2(CCC(C(=O)CC(=O)C(C)(C)C)CC2)C1. The quantitative estimate of drug-likeness (QED) is 0.595. The van der Waals surface area contributed by atoms with Crippen LogP contribution in [-0.4, -0.2) is 11.6 Å². The summed E-state index contributed by atoms with van der Waals surface area (Å²) < 4.78 is 0. The van der Waals surface area contributed by atoms with Gasteiger partial charge in [0, 0.05) is 11.3 Å². The first-order valence-electron chi connectivity index (χ1n) is 9.80. The number of hydrogen-bond acceptors (Lipinski definition) is 2. The lowest BCUT2D eigenvalue weighted by Gasteiger charge is -2.54. The van der Waals surface area contributed by atoms with Gasteiger partial charge in [-0.15, -0.1) is 0 Å². The van der Waals surface area contributed by atoms with Gasteiger partial charge in [-0.2, -0.15) is 0 Å². The molecule has 0 aliphatic heterocycles. The van der Waals surface area contributed by atoms with Crippen molar-refractivity contribution in [3.05, 3.63) is 0 Å². The molecule has 2 aliphatic rings. The predicted octanol–water partition coefficient (Wildman–Crippen LogP) is 5.97. The molecule has 0 atom stereocenters. The summed E-state index contributed by atoms with van der Waals surface area (Å²) in [5.74, 6) is 0.405. The van der Waals surface area contributed by atoms with Crippen molar-refractivity contribution in [2.45, 2.75) is 99.8 Å². The number of carbonyl (C=O) groups is 2. The van der Waals surface area contributed by atoms with Crippen LogP contribution in [0.5, 0.6) is 0 Å². The predicted molar refractivity (Wildman–Crippen MR) is 99.9 cm³/mol. The minimum atomic E-state index is -0.400. The molecule has 2 nitrogen and oxygen atoms in total. The van der Waals surface area contributed by atoms with Gasteiger partial charge in [0.25, 0.3) is 0 Å². The van der Waals surface area contributed by atoms with Gasteiger partial charge in [0.15, 0.2) is 0 Å². The first-order chi connectivity index (χ1) is 10.7. The monoisotopic (exact) mass is 334 g/mol. The molecule has 0 aromatic carbocycles. The summed E-state index contributed by atoms with van der Waals surface area (Å²) in [5.41, 5.74) is 0.834. The molecule has 0 heterocycles. The highest BCUT2D eigenvalue weighted by Crippen LogP contribution is 2.59. The third-order valence-electron chi connectivity index (χ3n) is 6.34. The average molecular weight is 335 g/mol.